The Kier molecular flexibility index (Phi) is 8.79. The molecule has 3 rings (SSSR count). The average molecular weight is 488 g/mol. The zero-order chi connectivity index (χ0) is 18.4. The molecule has 1 aliphatic carbocycles. The van der Waals surface area contributed by atoms with Gasteiger partial charge in [0.05, 0.1) is 0 Å². The summed E-state index contributed by atoms with van der Waals surface area (Å²) in [5.74, 6) is 0.732. The predicted octanol–water partition coefficient (Wildman–Crippen LogP) is 3.90. The molecular formula is C21H34FIN4. The highest BCUT2D eigenvalue weighted by Gasteiger charge is 2.38. The van der Waals surface area contributed by atoms with E-state index in [1.165, 1.54) is 50.9 Å². The summed E-state index contributed by atoms with van der Waals surface area (Å²) in [4.78, 5) is 6.98. The normalized spacial score (nSPS) is 20.5. The van der Waals surface area contributed by atoms with Crippen molar-refractivity contribution in [3.8, 4) is 0 Å². The molecule has 0 atom stereocenters. The number of halogens is 2. The van der Waals surface area contributed by atoms with Crippen LogP contribution < -0.4 is 10.6 Å². The Labute approximate surface area is 180 Å². The van der Waals surface area contributed by atoms with E-state index in [9.17, 15) is 4.39 Å². The zero-order valence-electron chi connectivity index (χ0n) is 16.6. The highest BCUT2D eigenvalue weighted by atomic mass is 127. The number of rotatable bonds is 6. The maximum atomic E-state index is 13.3. The third-order valence-electron chi connectivity index (χ3n) is 6.05. The fourth-order valence-electron chi connectivity index (χ4n) is 4.23. The van der Waals surface area contributed by atoms with E-state index in [0.29, 0.717) is 6.04 Å². The van der Waals surface area contributed by atoms with Crippen molar-refractivity contribution in [2.45, 2.75) is 56.9 Å². The zero-order valence-corrected chi connectivity index (χ0v) is 19.0. The second-order valence-electron chi connectivity index (χ2n) is 7.83. The number of nitrogens with one attached hydrogen (secondary N) is 2. The number of aliphatic imine (C=N–C) groups is 1. The first-order valence-electron chi connectivity index (χ1n) is 10.1. The van der Waals surface area contributed by atoms with Crippen LogP contribution in [0.2, 0.25) is 0 Å². The van der Waals surface area contributed by atoms with Gasteiger partial charge in [-0.15, -0.1) is 24.0 Å². The van der Waals surface area contributed by atoms with Crippen molar-refractivity contribution in [1.29, 1.82) is 0 Å². The summed E-state index contributed by atoms with van der Waals surface area (Å²) in [7, 11) is 1.84. The minimum absolute atomic E-state index is 0. The van der Waals surface area contributed by atoms with E-state index < -0.39 is 0 Å². The van der Waals surface area contributed by atoms with E-state index >= 15 is 0 Å². The van der Waals surface area contributed by atoms with Gasteiger partial charge in [-0.2, -0.15) is 0 Å². The standard InChI is InChI=1S/C21H33FN4.HI/c1-3-13-26-14-9-19(10-15-26)25-20(23-2)24-16-21(11-4-12-21)17-5-7-18(22)8-6-17;/h5-8,19H,3-4,9-16H2,1-2H3,(H2,23,24,25);1H. The van der Waals surface area contributed by atoms with Crippen molar-refractivity contribution in [2.24, 2.45) is 4.99 Å². The fourth-order valence-corrected chi connectivity index (χ4v) is 4.23. The topological polar surface area (TPSA) is 39.7 Å². The van der Waals surface area contributed by atoms with Gasteiger partial charge in [0.1, 0.15) is 5.82 Å². The van der Waals surface area contributed by atoms with E-state index in [0.717, 1.165) is 25.3 Å². The number of nitrogens with zero attached hydrogens (tertiary/aromatic N) is 2. The molecule has 2 fully saturated rings. The van der Waals surface area contributed by atoms with Gasteiger partial charge in [-0.3, -0.25) is 4.99 Å². The molecule has 0 aromatic heterocycles. The number of likely N-dealkylation sites (tertiary alicyclic amines) is 1. The Balaban J connectivity index is 0.00000261. The maximum absolute atomic E-state index is 13.3. The Hall–Kier alpha value is -0.890. The number of hydrogen-bond acceptors (Lipinski definition) is 2. The van der Waals surface area contributed by atoms with E-state index in [2.05, 4.69) is 27.4 Å². The van der Waals surface area contributed by atoms with Crippen LogP contribution in [0.5, 0.6) is 0 Å². The molecule has 27 heavy (non-hydrogen) atoms. The first kappa shape index (κ1) is 22.4. The Morgan fingerprint density at radius 3 is 2.41 bits per heavy atom. The quantitative estimate of drug-likeness (QED) is 0.363. The molecule has 152 valence electrons. The van der Waals surface area contributed by atoms with Crippen LogP contribution >= 0.6 is 24.0 Å². The SMILES string of the molecule is CCCN1CCC(NC(=NC)NCC2(c3ccc(F)cc3)CCC2)CC1.I. The third kappa shape index (κ3) is 5.79. The molecule has 4 nitrogen and oxygen atoms in total. The van der Waals surface area contributed by atoms with Gasteiger partial charge in [-0.1, -0.05) is 25.5 Å². The van der Waals surface area contributed by atoms with Gasteiger partial charge >= 0.3 is 0 Å². The van der Waals surface area contributed by atoms with Crippen molar-refractivity contribution in [1.82, 2.24) is 15.5 Å². The second kappa shape index (κ2) is 10.6. The molecule has 2 aliphatic rings. The van der Waals surface area contributed by atoms with Crippen molar-refractivity contribution < 1.29 is 4.39 Å². The Morgan fingerprint density at radius 2 is 1.89 bits per heavy atom. The number of guanidine groups is 1. The lowest BCUT2D eigenvalue weighted by Crippen LogP contribution is -2.52. The summed E-state index contributed by atoms with van der Waals surface area (Å²) in [6.07, 6.45) is 7.11. The second-order valence-corrected chi connectivity index (χ2v) is 7.83. The van der Waals surface area contributed by atoms with E-state index in [-0.39, 0.29) is 35.2 Å². The molecular weight excluding hydrogens is 454 g/mol. The highest BCUT2D eigenvalue weighted by molar-refractivity contribution is 14.0. The van der Waals surface area contributed by atoms with Gasteiger partial charge in [-0.25, -0.2) is 4.39 Å². The van der Waals surface area contributed by atoms with E-state index in [4.69, 9.17) is 0 Å². The van der Waals surface area contributed by atoms with E-state index in [1.54, 1.807) is 12.1 Å². The monoisotopic (exact) mass is 488 g/mol. The molecule has 0 bridgehead atoms. The summed E-state index contributed by atoms with van der Waals surface area (Å²) in [5.41, 5.74) is 1.36. The van der Waals surface area contributed by atoms with Gasteiger partial charge in [0, 0.05) is 38.1 Å². The van der Waals surface area contributed by atoms with Crippen molar-refractivity contribution in [2.75, 3.05) is 33.2 Å². The summed E-state index contributed by atoms with van der Waals surface area (Å²) in [5, 5.41) is 7.14. The van der Waals surface area contributed by atoms with Crippen LogP contribution in [0.3, 0.4) is 0 Å². The van der Waals surface area contributed by atoms with Crippen LogP contribution in [0.4, 0.5) is 4.39 Å². The van der Waals surface area contributed by atoms with Crippen LogP contribution in [-0.2, 0) is 5.41 Å². The summed E-state index contributed by atoms with van der Waals surface area (Å²) in [6.45, 7) is 6.64. The van der Waals surface area contributed by atoms with Gasteiger partial charge in [0.2, 0.25) is 0 Å². The molecule has 0 amide bonds. The van der Waals surface area contributed by atoms with Crippen LogP contribution in [-0.4, -0.2) is 50.1 Å². The molecule has 1 saturated carbocycles. The number of piperidine rings is 1. The van der Waals surface area contributed by atoms with Crippen molar-refractivity contribution >= 4 is 29.9 Å². The Bertz CT molecular complexity index is 593. The molecule has 1 aromatic rings. The smallest absolute Gasteiger partial charge is 0.191 e. The molecule has 2 N–H and O–H groups in total. The molecule has 0 radical (unpaired) electrons. The molecule has 6 heteroatoms. The minimum atomic E-state index is -0.164. The summed E-state index contributed by atoms with van der Waals surface area (Å²) in [6, 6.07) is 7.53. The average Bonchev–Trinajstić information content (AvgIpc) is 2.63. The molecule has 0 spiro atoms. The van der Waals surface area contributed by atoms with Crippen LogP contribution in [0.25, 0.3) is 0 Å². The summed E-state index contributed by atoms with van der Waals surface area (Å²) >= 11 is 0. The fraction of sp³-hybridized carbons (Fsp3) is 0.667. The predicted molar refractivity (Wildman–Crippen MR) is 122 cm³/mol. The summed E-state index contributed by atoms with van der Waals surface area (Å²) < 4.78 is 13.3. The largest absolute Gasteiger partial charge is 0.356 e. The van der Waals surface area contributed by atoms with Crippen molar-refractivity contribution in [3.63, 3.8) is 0 Å². The minimum Gasteiger partial charge on any atom is -0.356 e. The molecule has 1 heterocycles. The first-order valence-corrected chi connectivity index (χ1v) is 10.1. The van der Waals surface area contributed by atoms with Crippen molar-refractivity contribution in [3.05, 3.63) is 35.6 Å². The molecule has 1 aliphatic heterocycles. The lowest BCUT2D eigenvalue weighted by molar-refractivity contribution is 0.205. The molecule has 1 saturated heterocycles. The van der Waals surface area contributed by atoms with Crippen LogP contribution in [0.1, 0.15) is 51.0 Å². The van der Waals surface area contributed by atoms with Gasteiger partial charge in [-0.05, 0) is 56.3 Å². The highest BCUT2D eigenvalue weighted by Crippen LogP contribution is 2.43. The Morgan fingerprint density at radius 1 is 1.22 bits per heavy atom. The molecule has 0 unspecified atom stereocenters. The van der Waals surface area contributed by atoms with E-state index in [1.807, 2.05) is 19.2 Å². The number of benzene rings is 1. The van der Waals surface area contributed by atoms with Gasteiger partial charge < -0.3 is 15.5 Å². The first-order chi connectivity index (χ1) is 12.6. The lowest BCUT2D eigenvalue weighted by atomic mass is 9.64. The third-order valence-corrected chi connectivity index (χ3v) is 6.05. The van der Waals surface area contributed by atoms with Gasteiger partial charge in [0.15, 0.2) is 5.96 Å². The number of hydrogen-bond donors (Lipinski definition) is 2. The van der Waals surface area contributed by atoms with Crippen LogP contribution in [0, 0.1) is 5.82 Å². The molecule has 1 aromatic carbocycles. The van der Waals surface area contributed by atoms with Gasteiger partial charge in [0.25, 0.3) is 0 Å². The van der Waals surface area contributed by atoms with Crippen LogP contribution in [0.15, 0.2) is 29.3 Å². The maximum Gasteiger partial charge on any atom is 0.191 e. The lowest BCUT2D eigenvalue weighted by Gasteiger charge is -2.43.